The van der Waals surface area contributed by atoms with Crippen LogP contribution in [0.25, 0.3) is 11.2 Å². The van der Waals surface area contributed by atoms with E-state index in [-0.39, 0.29) is 11.2 Å². The van der Waals surface area contributed by atoms with Crippen LogP contribution in [-0.4, -0.2) is 19.1 Å². The Labute approximate surface area is 117 Å². The maximum absolute atomic E-state index is 12.0. The van der Waals surface area contributed by atoms with Crippen molar-refractivity contribution in [1.82, 2.24) is 19.1 Å². The molecule has 0 unspecified atom stereocenters. The van der Waals surface area contributed by atoms with E-state index in [1.807, 2.05) is 18.4 Å². The Hall–Kier alpha value is -1.85. The number of nitrogens with zero attached hydrogens (tertiary/aromatic N) is 3. The molecule has 0 radical (unpaired) electrons. The van der Waals surface area contributed by atoms with Gasteiger partial charge in [-0.1, -0.05) is 27.7 Å². The summed E-state index contributed by atoms with van der Waals surface area (Å²) in [5, 5.41) is 0. The van der Waals surface area contributed by atoms with Crippen molar-refractivity contribution in [3.8, 4) is 0 Å². The van der Waals surface area contributed by atoms with Crippen LogP contribution in [0.4, 0.5) is 0 Å². The first-order chi connectivity index (χ1) is 9.40. The molecule has 2 aromatic rings. The van der Waals surface area contributed by atoms with Crippen molar-refractivity contribution in [3.63, 3.8) is 0 Å². The lowest BCUT2D eigenvalue weighted by Crippen LogP contribution is -2.32. The van der Waals surface area contributed by atoms with Crippen LogP contribution in [0.3, 0.4) is 0 Å². The molecule has 0 aliphatic carbocycles. The Balaban J connectivity index is 2.55. The second kappa shape index (κ2) is 5.64. The first-order valence-corrected chi connectivity index (χ1v) is 7.08. The highest BCUT2D eigenvalue weighted by Crippen LogP contribution is 2.10. The van der Waals surface area contributed by atoms with Crippen molar-refractivity contribution >= 4 is 11.2 Å². The van der Waals surface area contributed by atoms with Crippen LogP contribution < -0.4 is 11.2 Å². The maximum atomic E-state index is 12.0. The average molecular weight is 278 g/mol. The summed E-state index contributed by atoms with van der Waals surface area (Å²) in [5.41, 5.74) is 0.235. The molecule has 110 valence electrons. The molecule has 0 amide bonds. The largest absolute Gasteiger partial charge is 0.330 e. The fourth-order valence-electron chi connectivity index (χ4n) is 2.22. The van der Waals surface area contributed by atoms with E-state index in [9.17, 15) is 9.59 Å². The molecule has 0 spiro atoms. The normalized spacial score (nSPS) is 11.9. The van der Waals surface area contributed by atoms with Crippen LogP contribution in [0.2, 0.25) is 0 Å². The van der Waals surface area contributed by atoms with Crippen molar-refractivity contribution < 1.29 is 0 Å². The molecule has 0 aromatic carbocycles. The number of aromatic amines is 1. The van der Waals surface area contributed by atoms with E-state index in [1.165, 1.54) is 0 Å². The Kier molecular flexibility index (Phi) is 4.11. The van der Waals surface area contributed by atoms with Gasteiger partial charge in [-0.05, 0) is 18.3 Å². The molecule has 0 aliphatic heterocycles. The Morgan fingerprint density at radius 2 is 1.90 bits per heavy atom. The lowest BCUT2D eigenvalue weighted by molar-refractivity contribution is 0.511. The quantitative estimate of drug-likeness (QED) is 0.902. The van der Waals surface area contributed by atoms with E-state index in [1.54, 1.807) is 10.9 Å². The van der Waals surface area contributed by atoms with Gasteiger partial charge in [0.25, 0.3) is 5.56 Å². The van der Waals surface area contributed by atoms with Gasteiger partial charge < -0.3 is 4.57 Å². The van der Waals surface area contributed by atoms with Crippen LogP contribution in [0.15, 0.2) is 15.9 Å². The van der Waals surface area contributed by atoms with Gasteiger partial charge in [0.15, 0.2) is 11.2 Å². The molecule has 6 nitrogen and oxygen atoms in total. The number of nitrogens with one attached hydrogen (secondary N) is 1. The summed E-state index contributed by atoms with van der Waals surface area (Å²) < 4.78 is 3.39. The molecule has 1 N–H and O–H groups in total. The molecular formula is C14H22N4O2. The average Bonchev–Trinajstić information content (AvgIpc) is 2.75. The summed E-state index contributed by atoms with van der Waals surface area (Å²) in [7, 11) is 0. The van der Waals surface area contributed by atoms with Crippen molar-refractivity contribution in [3.05, 3.63) is 27.2 Å². The molecule has 2 aromatic heterocycles. The van der Waals surface area contributed by atoms with Crippen LogP contribution in [0.1, 0.15) is 34.1 Å². The molecule has 0 bridgehead atoms. The third kappa shape index (κ3) is 2.84. The highest BCUT2D eigenvalue weighted by molar-refractivity contribution is 5.69. The van der Waals surface area contributed by atoms with Crippen molar-refractivity contribution in [2.24, 2.45) is 11.8 Å². The molecule has 0 saturated heterocycles. The van der Waals surface area contributed by atoms with E-state index < -0.39 is 0 Å². The van der Waals surface area contributed by atoms with Gasteiger partial charge in [-0.2, -0.15) is 0 Å². The summed E-state index contributed by atoms with van der Waals surface area (Å²) >= 11 is 0. The molecule has 0 fully saturated rings. The zero-order valence-electron chi connectivity index (χ0n) is 12.5. The molecule has 6 heteroatoms. The minimum absolute atomic E-state index is 0.308. The molecule has 2 heterocycles. The molecule has 0 saturated carbocycles. The van der Waals surface area contributed by atoms with E-state index in [4.69, 9.17) is 0 Å². The lowest BCUT2D eigenvalue weighted by Gasteiger charge is -2.10. The third-order valence-electron chi connectivity index (χ3n) is 3.25. The monoisotopic (exact) mass is 278 g/mol. The summed E-state index contributed by atoms with van der Waals surface area (Å²) in [5.74, 6) is 0.857. The van der Waals surface area contributed by atoms with Gasteiger partial charge in [0.05, 0.1) is 6.33 Å². The molecule has 20 heavy (non-hydrogen) atoms. The number of hydrogen-bond acceptors (Lipinski definition) is 3. The topological polar surface area (TPSA) is 72.7 Å². The number of rotatable bonds is 5. The van der Waals surface area contributed by atoms with Crippen LogP contribution in [0, 0.1) is 11.8 Å². The van der Waals surface area contributed by atoms with Crippen LogP contribution in [-0.2, 0) is 13.1 Å². The van der Waals surface area contributed by atoms with Gasteiger partial charge in [0.2, 0.25) is 0 Å². The molecule has 0 aliphatic rings. The zero-order chi connectivity index (χ0) is 14.9. The number of imidazole rings is 1. The van der Waals surface area contributed by atoms with E-state index in [0.29, 0.717) is 29.5 Å². The van der Waals surface area contributed by atoms with Crippen molar-refractivity contribution in [1.29, 1.82) is 0 Å². The van der Waals surface area contributed by atoms with Gasteiger partial charge in [-0.25, -0.2) is 9.78 Å². The predicted molar refractivity (Wildman–Crippen MR) is 78.9 cm³/mol. The lowest BCUT2D eigenvalue weighted by atomic mass is 10.1. The SMILES string of the molecule is CC(C)CCn1cnc2c1c(=O)[nH]c(=O)n2CC(C)C. The maximum Gasteiger partial charge on any atom is 0.330 e. The van der Waals surface area contributed by atoms with E-state index >= 15 is 0 Å². The first kappa shape index (κ1) is 14.6. The van der Waals surface area contributed by atoms with E-state index in [0.717, 1.165) is 13.0 Å². The summed E-state index contributed by atoms with van der Waals surface area (Å²) in [6.45, 7) is 9.61. The number of aryl methyl sites for hydroxylation is 1. The summed E-state index contributed by atoms with van der Waals surface area (Å²) in [6.07, 6.45) is 2.62. The Morgan fingerprint density at radius 3 is 2.50 bits per heavy atom. The van der Waals surface area contributed by atoms with Gasteiger partial charge >= 0.3 is 5.69 Å². The van der Waals surface area contributed by atoms with Gasteiger partial charge in [-0.3, -0.25) is 14.3 Å². The van der Waals surface area contributed by atoms with Crippen molar-refractivity contribution in [2.75, 3.05) is 0 Å². The number of fused-ring (bicyclic) bond motifs is 1. The molecule has 0 atom stereocenters. The second-order valence-corrected chi connectivity index (χ2v) is 6.06. The number of aromatic nitrogens is 4. The number of H-pyrrole nitrogens is 1. The van der Waals surface area contributed by atoms with Gasteiger partial charge in [0.1, 0.15) is 0 Å². The first-order valence-electron chi connectivity index (χ1n) is 7.08. The highest BCUT2D eigenvalue weighted by Gasteiger charge is 2.14. The highest BCUT2D eigenvalue weighted by atomic mass is 16.2. The van der Waals surface area contributed by atoms with Gasteiger partial charge in [0, 0.05) is 13.1 Å². The smallest absolute Gasteiger partial charge is 0.325 e. The van der Waals surface area contributed by atoms with E-state index in [2.05, 4.69) is 23.8 Å². The number of hydrogen-bond donors (Lipinski definition) is 1. The Morgan fingerprint density at radius 1 is 1.20 bits per heavy atom. The summed E-state index contributed by atoms with van der Waals surface area (Å²) in [6, 6.07) is 0. The third-order valence-corrected chi connectivity index (χ3v) is 3.25. The summed E-state index contributed by atoms with van der Waals surface area (Å²) in [4.78, 5) is 30.6. The van der Waals surface area contributed by atoms with Crippen LogP contribution >= 0.6 is 0 Å². The Bertz CT molecular complexity index is 706. The van der Waals surface area contributed by atoms with Crippen molar-refractivity contribution in [2.45, 2.75) is 47.2 Å². The fraction of sp³-hybridized carbons (Fsp3) is 0.643. The zero-order valence-corrected chi connectivity index (χ0v) is 12.5. The minimum Gasteiger partial charge on any atom is -0.325 e. The fourth-order valence-corrected chi connectivity index (χ4v) is 2.22. The molecular weight excluding hydrogens is 256 g/mol. The molecule has 2 rings (SSSR count). The minimum atomic E-state index is -0.384. The van der Waals surface area contributed by atoms with Crippen LogP contribution in [0.5, 0.6) is 0 Å². The predicted octanol–water partition coefficient (Wildman–Crippen LogP) is 1.59. The van der Waals surface area contributed by atoms with Gasteiger partial charge in [-0.15, -0.1) is 0 Å². The standard InChI is InChI=1S/C14H22N4O2/c1-9(2)5-6-17-8-15-12-11(17)13(19)16-14(20)18(12)7-10(3)4/h8-10H,5-7H2,1-4H3,(H,16,19,20). The second-order valence-electron chi connectivity index (χ2n) is 6.06.